The van der Waals surface area contributed by atoms with Crippen LogP contribution >= 0.6 is 0 Å². The van der Waals surface area contributed by atoms with Gasteiger partial charge in [-0.3, -0.25) is 4.79 Å². The van der Waals surface area contributed by atoms with Gasteiger partial charge >= 0.3 is 11.9 Å². The van der Waals surface area contributed by atoms with Crippen LogP contribution in [0.5, 0.6) is 11.5 Å². The van der Waals surface area contributed by atoms with Gasteiger partial charge in [-0.1, -0.05) is 31.0 Å². The average Bonchev–Trinajstić information content (AvgIpc) is 2.77. The molecule has 2 bridgehead atoms. The van der Waals surface area contributed by atoms with Crippen molar-refractivity contribution in [3.05, 3.63) is 59.2 Å². The number of likely N-dealkylation sites (N-methyl/N-ethyl adjacent to an activating group) is 1. The number of likely N-dealkylation sites (tertiary alicyclic amines) is 1. The Morgan fingerprint density at radius 2 is 1.91 bits per heavy atom. The van der Waals surface area contributed by atoms with Gasteiger partial charge in [0.25, 0.3) is 0 Å². The maximum Gasteiger partial charge on any atom is 0.339 e. The number of carbonyl (C=O) groups is 2. The van der Waals surface area contributed by atoms with Crippen LogP contribution in [0.4, 0.5) is 0 Å². The summed E-state index contributed by atoms with van der Waals surface area (Å²) in [7, 11) is 2.30. The molecule has 0 aromatic heterocycles. The summed E-state index contributed by atoms with van der Waals surface area (Å²) in [5.41, 5.74) is 3.34. The van der Waals surface area contributed by atoms with Crippen LogP contribution in [0.3, 0.4) is 0 Å². The Kier molecular flexibility index (Phi) is 6.24. The maximum atomic E-state index is 10.6. The first kappa shape index (κ1) is 22.3. The third kappa shape index (κ3) is 4.11. The third-order valence-corrected chi connectivity index (χ3v) is 7.47. The maximum absolute atomic E-state index is 10.6. The molecule has 0 amide bonds. The normalized spacial score (nSPS) is 26.1. The van der Waals surface area contributed by atoms with Crippen LogP contribution < -0.4 is 4.74 Å². The lowest BCUT2D eigenvalue weighted by molar-refractivity contribution is -0.131. The number of piperidine rings is 1. The Morgan fingerprint density at radius 1 is 1.12 bits per heavy atom. The monoisotopic (exact) mass is 437 g/mol. The molecule has 1 aliphatic heterocycles. The number of hydrogen-bond donors (Lipinski definition) is 2. The van der Waals surface area contributed by atoms with Crippen molar-refractivity contribution in [3.63, 3.8) is 0 Å². The number of phenols is 1. The molecule has 3 atom stereocenters. The summed E-state index contributed by atoms with van der Waals surface area (Å²) in [4.78, 5) is 23.8. The standard InChI is InChI=1S/C17H23NO.C9H8O4/c1-18-9-8-17-7-3-2-4-14(17)16(18)10-12-5-6-13(19)11-15(12)17;1-6(10)13-8-5-3-2-4-7(8)9(11)12/h5-6,11,14,16,19H,2-4,7-10H2,1H3;2-5H,1H3,(H,11,12)/t14-,16-,17-;/m0./s1. The van der Waals surface area contributed by atoms with Crippen molar-refractivity contribution in [2.24, 2.45) is 5.92 Å². The van der Waals surface area contributed by atoms with E-state index in [0.29, 0.717) is 11.2 Å². The highest BCUT2D eigenvalue weighted by molar-refractivity contribution is 5.91. The molecule has 6 nitrogen and oxygen atoms in total. The predicted molar refractivity (Wildman–Crippen MR) is 121 cm³/mol. The topological polar surface area (TPSA) is 87.1 Å². The fraction of sp³-hybridized carbons (Fsp3) is 0.462. The number of aromatic carboxylic acids is 1. The number of esters is 1. The fourth-order valence-corrected chi connectivity index (χ4v) is 6.07. The number of ether oxygens (including phenoxy) is 1. The van der Waals surface area contributed by atoms with Crippen molar-refractivity contribution in [2.45, 2.75) is 56.9 Å². The van der Waals surface area contributed by atoms with Crippen molar-refractivity contribution < 1.29 is 24.5 Å². The average molecular weight is 438 g/mol. The molecule has 0 unspecified atom stereocenters. The van der Waals surface area contributed by atoms with Gasteiger partial charge in [-0.05, 0) is 80.6 Å². The first-order valence-electron chi connectivity index (χ1n) is 11.3. The summed E-state index contributed by atoms with van der Waals surface area (Å²) in [6.45, 7) is 2.44. The number of carboxylic acids is 1. The molecule has 1 saturated heterocycles. The van der Waals surface area contributed by atoms with Crippen molar-refractivity contribution in [2.75, 3.05) is 13.6 Å². The van der Waals surface area contributed by atoms with E-state index < -0.39 is 11.9 Å². The van der Waals surface area contributed by atoms with Crippen molar-refractivity contribution in [3.8, 4) is 11.5 Å². The second kappa shape index (κ2) is 8.94. The molecule has 32 heavy (non-hydrogen) atoms. The largest absolute Gasteiger partial charge is 0.508 e. The Bertz CT molecular complexity index is 1020. The van der Waals surface area contributed by atoms with Crippen LogP contribution in [-0.4, -0.2) is 46.7 Å². The zero-order chi connectivity index (χ0) is 22.9. The molecule has 170 valence electrons. The summed E-state index contributed by atoms with van der Waals surface area (Å²) in [5, 5.41) is 18.6. The minimum absolute atomic E-state index is 0.0160. The van der Waals surface area contributed by atoms with E-state index >= 15 is 0 Å². The van der Waals surface area contributed by atoms with E-state index in [1.165, 1.54) is 75.3 Å². The summed E-state index contributed by atoms with van der Waals surface area (Å²) < 4.78 is 4.69. The molecule has 2 aromatic rings. The second-order valence-electron chi connectivity index (χ2n) is 9.25. The highest BCUT2D eigenvalue weighted by atomic mass is 16.5. The van der Waals surface area contributed by atoms with E-state index in [0.717, 1.165) is 12.0 Å². The smallest absolute Gasteiger partial charge is 0.339 e. The molecule has 2 fully saturated rings. The van der Waals surface area contributed by atoms with Gasteiger partial charge in [-0.2, -0.15) is 0 Å². The highest BCUT2D eigenvalue weighted by Gasteiger charge is 2.52. The van der Waals surface area contributed by atoms with Crippen molar-refractivity contribution >= 4 is 11.9 Å². The van der Waals surface area contributed by atoms with Crippen molar-refractivity contribution in [1.29, 1.82) is 0 Å². The lowest BCUT2D eigenvalue weighted by Crippen LogP contribution is -2.59. The van der Waals surface area contributed by atoms with Gasteiger partial charge in [0.2, 0.25) is 0 Å². The van der Waals surface area contributed by atoms with Crippen LogP contribution in [0, 0.1) is 5.92 Å². The molecule has 0 spiro atoms. The summed E-state index contributed by atoms with van der Waals surface area (Å²) in [6, 6.07) is 12.8. The number of aromatic hydroxyl groups is 1. The third-order valence-electron chi connectivity index (χ3n) is 7.47. The van der Waals surface area contributed by atoms with Gasteiger partial charge in [0, 0.05) is 18.4 Å². The molecule has 1 saturated carbocycles. The Hall–Kier alpha value is -2.86. The van der Waals surface area contributed by atoms with Crippen LogP contribution in [0.2, 0.25) is 0 Å². The lowest BCUT2D eigenvalue weighted by Gasteiger charge is -2.58. The molecular weight excluding hydrogens is 406 g/mol. The molecule has 1 heterocycles. The van der Waals surface area contributed by atoms with E-state index in [9.17, 15) is 14.7 Å². The number of carboxylic acid groups (broad SMARTS) is 1. The Morgan fingerprint density at radius 3 is 2.66 bits per heavy atom. The van der Waals surface area contributed by atoms with Gasteiger partial charge < -0.3 is 19.8 Å². The summed E-state index contributed by atoms with van der Waals surface area (Å²) in [5.74, 6) is -0.308. The number of rotatable bonds is 2. The van der Waals surface area contributed by atoms with E-state index in [4.69, 9.17) is 5.11 Å². The first-order chi connectivity index (χ1) is 15.3. The van der Waals surface area contributed by atoms with Crippen molar-refractivity contribution in [1.82, 2.24) is 4.90 Å². The molecule has 2 aromatic carbocycles. The zero-order valence-corrected chi connectivity index (χ0v) is 18.7. The Balaban J connectivity index is 0.000000166. The van der Waals surface area contributed by atoms with E-state index in [1.54, 1.807) is 12.1 Å². The van der Waals surface area contributed by atoms with E-state index in [-0.39, 0.29) is 11.3 Å². The zero-order valence-electron chi connectivity index (χ0n) is 18.7. The number of benzene rings is 2. The SMILES string of the molecule is CC(=O)Oc1ccccc1C(=O)O.CN1CC[C@@]23CCCC[C@H]2[C@@H]1Cc1ccc(O)cc13. The molecule has 2 N–H and O–H groups in total. The Labute approximate surface area is 188 Å². The van der Waals surface area contributed by atoms with Gasteiger partial charge in [0.15, 0.2) is 0 Å². The quantitative estimate of drug-likeness (QED) is 0.535. The molecule has 5 rings (SSSR count). The second-order valence-corrected chi connectivity index (χ2v) is 9.25. The molecule has 6 heteroatoms. The number of phenolic OH excluding ortho intramolecular Hbond substituents is 1. The predicted octanol–water partition coefficient (Wildman–Crippen LogP) is 4.39. The summed E-state index contributed by atoms with van der Waals surface area (Å²) >= 11 is 0. The minimum Gasteiger partial charge on any atom is -0.508 e. The van der Waals surface area contributed by atoms with Gasteiger partial charge in [0.05, 0.1) is 0 Å². The molecule has 3 aliphatic rings. The first-order valence-corrected chi connectivity index (χ1v) is 11.3. The number of fused-ring (bicyclic) bond motifs is 1. The highest BCUT2D eigenvalue weighted by Crippen LogP contribution is 2.55. The van der Waals surface area contributed by atoms with Gasteiger partial charge in [-0.15, -0.1) is 0 Å². The van der Waals surface area contributed by atoms with E-state index in [1.807, 2.05) is 6.07 Å². The summed E-state index contributed by atoms with van der Waals surface area (Å²) in [6.07, 6.45) is 7.93. The number of hydrogen-bond acceptors (Lipinski definition) is 5. The van der Waals surface area contributed by atoms with Crippen LogP contribution in [0.25, 0.3) is 0 Å². The lowest BCUT2D eigenvalue weighted by atomic mass is 9.52. The fourth-order valence-electron chi connectivity index (χ4n) is 6.07. The van der Waals surface area contributed by atoms with E-state index in [2.05, 4.69) is 28.8 Å². The molecular formula is C26H31NO5. The van der Waals surface area contributed by atoms with Gasteiger partial charge in [-0.25, -0.2) is 4.79 Å². The minimum atomic E-state index is -1.11. The number of carbonyl (C=O) groups excluding carboxylic acids is 1. The van der Waals surface area contributed by atoms with Crippen LogP contribution in [0.15, 0.2) is 42.5 Å². The van der Waals surface area contributed by atoms with Crippen LogP contribution in [-0.2, 0) is 16.6 Å². The number of para-hydroxylation sites is 1. The molecule has 0 radical (unpaired) electrons. The number of nitrogens with zero attached hydrogens (tertiary/aromatic N) is 1. The van der Waals surface area contributed by atoms with Crippen LogP contribution in [0.1, 0.15) is 60.5 Å². The molecule has 2 aliphatic carbocycles. The van der Waals surface area contributed by atoms with Gasteiger partial charge in [0.1, 0.15) is 17.1 Å².